The van der Waals surface area contributed by atoms with Crippen LogP contribution in [0.5, 0.6) is 0 Å². The number of nitrogens with one attached hydrogen (secondary N) is 1. The Morgan fingerprint density at radius 2 is 1.76 bits per heavy atom. The van der Waals surface area contributed by atoms with Gasteiger partial charge in [0.25, 0.3) is 0 Å². The van der Waals surface area contributed by atoms with Crippen molar-refractivity contribution in [1.29, 1.82) is 0 Å². The van der Waals surface area contributed by atoms with Crippen molar-refractivity contribution >= 4 is 17.6 Å². The molecule has 0 saturated heterocycles. The number of rotatable bonds is 5. The largest absolute Gasteiger partial charge is 0.294 e. The zero-order valence-corrected chi connectivity index (χ0v) is 16.3. The van der Waals surface area contributed by atoms with Crippen LogP contribution in [0.15, 0.2) is 66.9 Å². The van der Waals surface area contributed by atoms with Gasteiger partial charge in [0.05, 0.1) is 17.2 Å². The molecule has 0 radical (unpaired) electrons. The zero-order valence-electron chi connectivity index (χ0n) is 16.3. The highest BCUT2D eigenvalue weighted by Gasteiger charge is 2.28. The maximum absolute atomic E-state index is 12.8. The van der Waals surface area contributed by atoms with E-state index in [0.29, 0.717) is 30.5 Å². The molecule has 1 aromatic heterocycles. The van der Waals surface area contributed by atoms with E-state index in [-0.39, 0.29) is 29.5 Å². The number of hydrogen-bond acceptors (Lipinski definition) is 4. The van der Waals surface area contributed by atoms with Gasteiger partial charge in [-0.05, 0) is 29.9 Å². The Hall–Kier alpha value is -3.34. The third-order valence-electron chi connectivity index (χ3n) is 5.47. The minimum Gasteiger partial charge on any atom is -0.294 e. The summed E-state index contributed by atoms with van der Waals surface area (Å²) in [4.78, 5) is 34.1. The van der Waals surface area contributed by atoms with Gasteiger partial charge < -0.3 is 0 Å². The molecule has 1 heterocycles. The maximum atomic E-state index is 12.8. The first-order valence-corrected chi connectivity index (χ1v) is 9.95. The first-order chi connectivity index (χ1) is 14.2. The third kappa shape index (κ3) is 4.09. The molecule has 146 valence electrons. The average Bonchev–Trinajstić information content (AvgIpc) is 2.75. The molecule has 5 heteroatoms. The lowest BCUT2D eigenvalue weighted by Gasteiger charge is -2.23. The molecule has 0 saturated carbocycles. The van der Waals surface area contributed by atoms with Crippen LogP contribution in [0, 0.1) is 0 Å². The highest BCUT2D eigenvalue weighted by atomic mass is 16.2. The van der Waals surface area contributed by atoms with Crippen LogP contribution in [0.25, 0.3) is 0 Å². The lowest BCUT2D eigenvalue weighted by atomic mass is 9.82. The zero-order chi connectivity index (χ0) is 20.2. The van der Waals surface area contributed by atoms with E-state index in [9.17, 15) is 9.59 Å². The molecule has 0 spiro atoms. The summed E-state index contributed by atoms with van der Waals surface area (Å²) in [6, 6.07) is 19.7. The van der Waals surface area contributed by atoms with Crippen LogP contribution < -0.4 is 5.32 Å². The second-order valence-electron chi connectivity index (χ2n) is 7.35. The minimum atomic E-state index is -0.269. The number of Topliss-reactive ketones (excluding diaryl/α,β-unsaturated/α-hetero) is 1. The summed E-state index contributed by atoms with van der Waals surface area (Å²) < 4.78 is 0. The molecule has 1 N–H and O–H groups in total. The highest BCUT2D eigenvalue weighted by Crippen LogP contribution is 2.32. The first-order valence-electron chi connectivity index (χ1n) is 9.95. The lowest BCUT2D eigenvalue weighted by Crippen LogP contribution is -2.24. The number of benzene rings is 2. The van der Waals surface area contributed by atoms with Crippen molar-refractivity contribution in [3.63, 3.8) is 0 Å². The van der Waals surface area contributed by atoms with Crippen molar-refractivity contribution in [3.8, 4) is 0 Å². The summed E-state index contributed by atoms with van der Waals surface area (Å²) in [7, 11) is 0. The topological polar surface area (TPSA) is 72.0 Å². The summed E-state index contributed by atoms with van der Waals surface area (Å²) >= 11 is 0. The predicted molar refractivity (Wildman–Crippen MR) is 112 cm³/mol. The number of carbonyl (C=O) groups excluding carboxylic acids is 2. The highest BCUT2D eigenvalue weighted by molar-refractivity contribution is 5.99. The predicted octanol–water partition coefficient (Wildman–Crippen LogP) is 4.52. The summed E-state index contributed by atoms with van der Waals surface area (Å²) in [6.45, 7) is 1.98. The van der Waals surface area contributed by atoms with Crippen LogP contribution in [0.3, 0.4) is 0 Å². The van der Waals surface area contributed by atoms with E-state index < -0.39 is 0 Å². The summed E-state index contributed by atoms with van der Waals surface area (Å²) in [5.41, 5.74) is 3.36. The van der Waals surface area contributed by atoms with Gasteiger partial charge in [0.1, 0.15) is 0 Å². The number of anilines is 1. The minimum absolute atomic E-state index is 0.0497. The summed E-state index contributed by atoms with van der Waals surface area (Å²) in [5.74, 6) is -0.00405. The molecule has 1 aliphatic rings. The molecule has 5 nitrogen and oxygen atoms in total. The van der Waals surface area contributed by atoms with Gasteiger partial charge in [-0.1, -0.05) is 67.6 Å². The molecule has 2 aromatic carbocycles. The van der Waals surface area contributed by atoms with E-state index in [1.54, 1.807) is 6.20 Å². The molecular formula is C24H23N3O2. The van der Waals surface area contributed by atoms with Gasteiger partial charge in [-0.25, -0.2) is 9.97 Å². The van der Waals surface area contributed by atoms with E-state index >= 15 is 0 Å². The summed E-state index contributed by atoms with van der Waals surface area (Å²) in [6.07, 6.45) is 3.34. The van der Waals surface area contributed by atoms with Gasteiger partial charge in [0, 0.05) is 12.6 Å². The first kappa shape index (κ1) is 19.0. The van der Waals surface area contributed by atoms with Crippen LogP contribution in [0.2, 0.25) is 0 Å². The molecule has 1 amide bonds. The maximum Gasteiger partial charge on any atom is 0.234 e. The van der Waals surface area contributed by atoms with Gasteiger partial charge >= 0.3 is 0 Å². The van der Waals surface area contributed by atoms with Gasteiger partial charge in [-0.3, -0.25) is 14.9 Å². The standard InChI is InChI=1S/C24H23N3O2/c1-2-19(17-11-7-4-8-12-17)23(29)27-24-25-15-20-21(26-24)13-18(14-22(20)28)16-9-5-3-6-10-16/h3-12,15,18-19H,2,13-14H2,1H3,(H,25,26,27,29)/t18-,19+/m0/s1. The SMILES string of the molecule is CC[C@@H](C(=O)Nc1ncc2c(n1)C[C@H](c1ccccc1)CC2=O)c1ccccc1. The number of amides is 1. The molecular weight excluding hydrogens is 362 g/mol. The Morgan fingerprint density at radius 1 is 1.07 bits per heavy atom. The molecule has 0 bridgehead atoms. The Morgan fingerprint density at radius 3 is 2.45 bits per heavy atom. The molecule has 0 aliphatic heterocycles. The Kier molecular flexibility index (Phi) is 5.47. The molecule has 0 unspecified atom stereocenters. The van der Waals surface area contributed by atoms with Gasteiger partial charge in [-0.2, -0.15) is 0 Å². The van der Waals surface area contributed by atoms with Gasteiger partial charge in [0.2, 0.25) is 11.9 Å². The molecule has 2 atom stereocenters. The van der Waals surface area contributed by atoms with Crippen molar-refractivity contribution in [1.82, 2.24) is 9.97 Å². The van der Waals surface area contributed by atoms with Crippen LogP contribution in [-0.4, -0.2) is 21.7 Å². The molecule has 1 aliphatic carbocycles. The van der Waals surface area contributed by atoms with Crippen molar-refractivity contribution in [3.05, 3.63) is 89.2 Å². The number of aromatic nitrogens is 2. The number of ketones is 1. The Balaban J connectivity index is 1.55. The van der Waals surface area contributed by atoms with Gasteiger partial charge in [-0.15, -0.1) is 0 Å². The molecule has 4 rings (SSSR count). The fraction of sp³-hybridized carbons (Fsp3) is 0.250. The smallest absolute Gasteiger partial charge is 0.234 e. The van der Waals surface area contributed by atoms with Crippen molar-refractivity contribution in [2.24, 2.45) is 0 Å². The molecule has 3 aromatic rings. The Bertz CT molecular complexity index is 1020. The van der Waals surface area contributed by atoms with Gasteiger partial charge in [0.15, 0.2) is 5.78 Å². The second kappa shape index (κ2) is 8.35. The number of hydrogen-bond donors (Lipinski definition) is 1. The number of carbonyl (C=O) groups is 2. The molecule has 0 fully saturated rings. The quantitative estimate of drug-likeness (QED) is 0.701. The van der Waals surface area contributed by atoms with E-state index in [2.05, 4.69) is 15.3 Å². The van der Waals surface area contributed by atoms with E-state index in [0.717, 1.165) is 11.1 Å². The third-order valence-corrected chi connectivity index (χ3v) is 5.47. The van der Waals surface area contributed by atoms with Crippen LogP contribution in [-0.2, 0) is 11.2 Å². The average molecular weight is 385 g/mol. The fourth-order valence-electron chi connectivity index (χ4n) is 3.92. The van der Waals surface area contributed by atoms with Crippen molar-refractivity contribution in [2.45, 2.75) is 38.0 Å². The molecule has 29 heavy (non-hydrogen) atoms. The fourth-order valence-corrected chi connectivity index (χ4v) is 3.92. The van der Waals surface area contributed by atoms with Crippen molar-refractivity contribution < 1.29 is 9.59 Å². The van der Waals surface area contributed by atoms with E-state index in [1.807, 2.05) is 67.6 Å². The second-order valence-corrected chi connectivity index (χ2v) is 7.35. The lowest BCUT2D eigenvalue weighted by molar-refractivity contribution is -0.117. The normalized spacial score (nSPS) is 16.7. The number of fused-ring (bicyclic) bond motifs is 1. The van der Waals surface area contributed by atoms with E-state index in [1.165, 1.54) is 0 Å². The van der Waals surface area contributed by atoms with Crippen LogP contribution in [0.4, 0.5) is 5.95 Å². The monoisotopic (exact) mass is 385 g/mol. The van der Waals surface area contributed by atoms with E-state index in [4.69, 9.17) is 0 Å². The van der Waals surface area contributed by atoms with Crippen LogP contribution in [0.1, 0.15) is 58.8 Å². The Labute approximate surface area is 170 Å². The summed E-state index contributed by atoms with van der Waals surface area (Å²) in [5, 5.41) is 2.84. The van der Waals surface area contributed by atoms with Crippen LogP contribution >= 0.6 is 0 Å². The van der Waals surface area contributed by atoms with Crippen molar-refractivity contribution in [2.75, 3.05) is 5.32 Å². The number of nitrogens with zero attached hydrogens (tertiary/aromatic N) is 2.